The van der Waals surface area contributed by atoms with Crippen molar-refractivity contribution in [2.75, 3.05) is 12.9 Å². The molecule has 1 aliphatic rings. The molecule has 1 atom stereocenters. The number of amides is 2. The van der Waals surface area contributed by atoms with Crippen LogP contribution in [-0.2, 0) is 21.9 Å². The molecule has 1 saturated carbocycles. The molecule has 0 radical (unpaired) electrons. The van der Waals surface area contributed by atoms with Crippen molar-refractivity contribution in [3.63, 3.8) is 0 Å². The first-order valence-electron chi connectivity index (χ1n) is 11.5. The molecule has 0 aliphatic heterocycles. The van der Waals surface area contributed by atoms with Gasteiger partial charge < -0.3 is 15.0 Å². The van der Waals surface area contributed by atoms with Gasteiger partial charge in [0.1, 0.15) is 17.6 Å². The SMILES string of the molecule is COc1ccc(CN(C(=O)CSCc2ccc(F)cc2)[C@@H](C)C(=O)NC2CCCCC2)cc1. The average molecular weight is 473 g/mol. The molecule has 33 heavy (non-hydrogen) atoms. The zero-order valence-electron chi connectivity index (χ0n) is 19.4. The van der Waals surface area contributed by atoms with Gasteiger partial charge in [-0.2, -0.15) is 0 Å². The summed E-state index contributed by atoms with van der Waals surface area (Å²) in [7, 11) is 1.61. The third-order valence-corrected chi connectivity index (χ3v) is 7.03. The van der Waals surface area contributed by atoms with Crippen LogP contribution >= 0.6 is 11.8 Å². The minimum atomic E-state index is -0.576. The summed E-state index contributed by atoms with van der Waals surface area (Å²) in [6.07, 6.45) is 5.48. The van der Waals surface area contributed by atoms with Crippen molar-refractivity contribution in [2.45, 2.75) is 63.4 Å². The van der Waals surface area contributed by atoms with Crippen LogP contribution in [0.15, 0.2) is 48.5 Å². The molecule has 1 fully saturated rings. The van der Waals surface area contributed by atoms with Gasteiger partial charge in [-0.15, -0.1) is 11.8 Å². The van der Waals surface area contributed by atoms with Gasteiger partial charge in [0.05, 0.1) is 12.9 Å². The number of carbonyl (C=O) groups excluding carboxylic acids is 2. The molecular formula is C26H33FN2O3S. The molecule has 0 unspecified atom stereocenters. The van der Waals surface area contributed by atoms with E-state index in [9.17, 15) is 14.0 Å². The maximum atomic E-state index is 13.2. The van der Waals surface area contributed by atoms with Gasteiger partial charge in [-0.1, -0.05) is 43.5 Å². The van der Waals surface area contributed by atoms with Crippen LogP contribution in [0.3, 0.4) is 0 Å². The van der Waals surface area contributed by atoms with Gasteiger partial charge in [0.15, 0.2) is 0 Å². The summed E-state index contributed by atoms with van der Waals surface area (Å²) in [5.41, 5.74) is 1.89. The van der Waals surface area contributed by atoms with E-state index >= 15 is 0 Å². The molecule has 0 saturated heterocycles. The van der Waals surface area contributed by atoms with E-state index in [0.29, 0.717) is 12.3 Å². The Balaban J connectivity index is 1.65. The summed E-state index contributed by atoms with van der Waals surface area (Å²) in [4.78, 5) is 27.9. The topological polar surface area (TPSA) is 58.6 Å². The van der Waals surface area contributed by atoms with Crippen LogP contribution in [0, 0.1) is 5.82 Å². The standard InChI is InChI=1S/C26H33FN2O3S/c1-19(26(31)28-23-6-4-3-5-7-23)29(16-20-10-14-24(32-2)15-11-20)25(30)18-33-17-21-8-12-22(27)13-9-21/h8-15,19,23H,3-7,16-18H2,1-2H3,(H,28,31)/t19-/m0/s1. The molecule has 7 heteroatoms. The van der Waals surface area contributed by atoms with E-state index in [1.807, 2.05) is 24.3 Å². The number of halogens is 1. The fraction of sp³-hybridized carbons (Fsp3) is 0.462. The lowest BCUT2D eigenvalue weighted by Gasteiger charge is -2.31. The quantitative estimate of drug-likeness (QED) is 0.533. The molecule has 3 rings (SSSR count). The normalized spacial score (nSPS) is 15.0. The second-order valence-corrected chi connectivity index (χ2v) is 9.49. The van der Waals surface area contributed by atoms with Crippen LogP contribution in [0.25, 0.3) is 0 Å². The zero-order valence-corrected chi connectivity index (χ0v) is 20.2. The van der Waals surface area contributed by atoms with Crippen molar-refractivity contribution < 1.29 is 18.7 Å². The number of hydrogen-bond donors (Lipinski definition) is 1. The zero-order chi connectivity index (χ0) is 23.6. The van der Waals surface area contributed by atoms with Crippen molar-refractivity contribution >= 4 is 23.6 Å². The van der Waals surface area contributed by atoms with E-state index in [0.717, 1.165) is 42.6 Å². The fourth-order valence-electron chi connectivity index (χ4n) is 4.00. The molecule has 0 aromatic heterocycles. The highest BCUT2D eigenvalue weighted by Crippen LogP contribution is 2.20. The Morgan fingerprint density at radius 2 is 1.70 bits per heavy atom. The maximum Gasteiger partial charge on any atom is 0.242 e. The first-order chi connectivity index (χ1) is 16.0. The third kappa shape index (κ3) is 7.77. The Morgan fingerprint density at radius 1 is 1.06 bits per heavy atom. The van der Waals surface area contributed by atoms with Crippen molar-refractivity contribution in [1.29, 1.82) is 0 Å². The smallest absolute Gasteiger partial charge is 0.242 e. The number of ether oxygens (including phenoxy) is 1. The summed E-state index contributed by atoms with van der Waals surface area (Å²) in [6, 6.07) is 13.4. The van der Waals surface area contributed by atoms with E-state index in [1.165, 1.54) is 30.3 Å². The number of thioether (sulfide) groups is 1. The summed E-state index contributed by atoms with van der Waals surface area (Å²) in [6.45, 7) is 2.14. The summed E-state index contributed by atoms with van der Waals surface area (Å²) >= 11 is 1.46. The highest BCUT2D eigenvalue weighted by molar-refractivity contribution is 7.99. The predicted molar refractivity (Wildman–Crippen MR) is 131 cm³/mol. The van der Waals surface area contributed by atoms with E-state index in [4.69, 9.17) is 4.74 Å². The molecule has 5 nitrogen and oxygen atoms in total. The Hall–Kier alpha value is -2.54. The predicted octanol–water partition coefficient (Wildman–Crippen LogP) is 4.93. The van der Waals surface area contributed by atoms with Gasteiger partial charge >= 0.3 is 0 Å². The summed E-state index contributed by atoms with van der Waals surface area (Å²) in [5.74, 6) is 1.12. The Kier molecular flexibility index (Phi) is 9.61. The lowest BCUT2D eigenvalue weighted by molar-refractivity contribution is -0.139. The third-order valence-electron chi connectivity index (χ3n) is 6.04. The van der Waals surface area contributed by atoms with Gasteiger partial charge in [-0.25, -0.2) is 4.39 Å². The fourth-order valence-corrected chi connectivity index (χ4v) is 4.87. The minimum Gasteiger partial charge on any atom is -0.497 e. The number of rotatable bonds is 10. The molecule has 2 aromatic rings. The molecule has 1 aliphatic carbocycles. The van der Waals surface area contributed by atoms with Gasteiger partial charge in [0, 0.05) is 18.3 Å². The number of carbonyl (C=O) groups is 2. The monoisotopic (exact) mass is 472 g/mol. The van der Waals surface area contributed by atoms with E-state index in [2.05, 4.69) is 5.32 Å². The van der Waals surface area contributed by atoms with E-state index in [1.54, 1.807) is 31.1 Å². The van der Waals surface area contributed by atoms with E-state index in [-0.39, 0.29) is 29.4 Å². The summed E-state index contributed by atoms with van der Waals surface area (Å²) < 4.78 is 18.3. The molecule has 0 heterocycles. The number of methoxy groups -OCH3 is 1. The van der Waals surface area contributed by atoms with Gasteiger partial charge in [0.25, 0.3) is 0 Å². The number of nitrogens with one attached hydrogen (secondary N) is 1. The van der Waals surface area contributed by atoms with E-state index < -0.39 is 6.04 Å². The van der Waals surface area contributed by atoms with Gasteiger partial charge in [0.2, 0.25) is 11.8 Å². The first-order valence-corrected chi connectivity index (χ1v) is 12.7. The van der Waals surface area contributed by atoms with Crippen LogP contribution in [0.2, 0.25) is 0 Å². The highest BCUT2D eigenvalue weighted by Gasteiger charge is 2.28. The van der Waals surface area contributed by atoms with Gasteiger partial charge in [-0.05, 0) is 55.2 Å². The Morgan fingerprint density at radius 3 is 2.33 bits per heavy atom. The highest BCUT2D eigenvalue weighted by atomic mass is 32.2. The molecule has 0 bridgehead atoms. The molecule has 0 spiro atoms. The maximum absolute atomic E-state index is 13.2. The van der Waals surface area contributed by atoms with Gasteiger partial charge in [-0.3, -0.25) is 9.59 Å². The van der Waals surface area contributed by atoms with Crippen molar-refractivity contribution in [3.8, 4) is 5.75 Å². The Labute approximate surface area is 200 Å². The molecule has 2 amide bonds. The number of benzene rings is 2. The molecule has 1 N–H and O–H groups in total. The number of hydrogen-bond acceptors (Lipinski definition) is 4. The van der Waals surface area contributed by atoms with Crippen molar-refractivity contribution in [1.82, 2.24) is 10.2 Å². The van der Waals surface area contributed by atoms with Crippen LogP contribution < -0.4 is 10.1 Å². The van der Waals surface area contributed by atoms with Crippen molar-refractivity contribution in [2.24, 2.45) is 0 Å². The second kappa shape index (κ2) is 12.6. The van der Waals surface area contributed by atoms with Crippen LogP contribution in [0.1, 0.15) is 50.2 Å². The number of nitrogens with zero attached hydrogens (tertiary/aromatic N) is 1. The summed E-state index contributed by atoms with van der Waals surface area (Å²) in [5, 5.41) is 3.15. The lowest BCUT2D eigenvalue weighted by atomic mass is 9.95. The first kappa shape index (κ1) is 25.1. The minimum absolute atomic E-state index is 0.0933. The van der Waals surface area contributed by atoms with Crippen LogP contribution in [-0.4, -0.2) is 41.7 Å². The molecular weight excluding hydrogens is 439 g/mol. The molecule has 178 valence electrons. The van der Waals surface area contributed by atoms with Crippen LogP contribution in [0.5, 0.6) is 5.75 Å². The van der Waals surface area contributed by atoms with Crippen LogP contribution in [0.4, 0.5) is 4.39 Å². The Bertz CT molecular complexity index is 899. The molecule has 2 aromatic carbocycles. The largest absolute Gasteiger partial charge is 0.497 e. The second-order valence-electron chi connectivity index (χ2n) is 8.51. The van der Waals surface area contributed by atoms with Crippen molar-refractivity contribution in [3.05, 3.63) is 65.5 Å². The average Bonchev–Trinajstić information content (AvgIpc) is 2.84. The lowest BCUT2D eigenvalue weighted by Crippen LogP contribution is -2.50.